The minimum atomic E-state index is -3.98. The second kappa shape index (κ2) is 1.97. The standard InChI is InChI=1S/C4H3N3O4S/c5-4-6-1-2-3(7-4)11-12(8,9)10-2/h1H,(H2,5,6,7). The van der Waals surface area contributed by atoms with Crippen molar-refractivity contribution in [2.24, 2.45) is 0 Å². The molecule has 0 bridgehead atoms. The van der Waals surface area contributed by atoms with Crippen LogP contribution in [-0.2, 0) is 10.4 Å². The summed E-state index contributed by atoms with van der Waals surface area (Å²) in [6.07, 6.45) is 1.13. The average molecular weight is 189 g/mol. The maximum absolute atomic E-state index is 10.6. The highest BCUT2D eigenvalue weighted by Crippen LogP contribution is 2.32. The first kappa shape index (κ1) is 7.10. The molecule has 0 unspecified atom stereocenters. The number of fused-ring (bicyclic) bond motifs is 1. The van der Waals surface area contributed by atoms with Crippen molar-refractivity contribution in [2.75, 3.05) is 5.73 Å². The summed E-state index contributed by atoms with van der Waals surface area (Å²) in [5, 5.41) is 0. The summed E-state index contributed by atoms with van der Waals surface area (Å²) < 4.78 is 29.9. The van der Waals surface area contributed by atoms with Crippen LogP contribution in [0.25, 0.3) is 0 Å². The number of aromatic nitrogens is 2. The van der Waals surface area contributed by atoms with Crippen LogP contribution >= 0.6 is 0 Å². The first-order chi connectivity index (χ1) is 5.57. The Labute approximate surface area is 67.5 Å². The van der Waals surface area contributed by atoms with Gasteiger partial charge in [0.15, 0.2) is 0 Å². The van der Waals surface area contributed by atoms with Gasteiger partial charge in [0.25, 0.3) is 5.88 Å². The molecule has 1 aromatic rings. The highest BCUT2D eigenvalue weighted by Gasteiger charge is 2.30. The van der Waals surface area contributed by atoms with Crippen molar-refractivity contribution >= 4 is 16.3 Å². The van der Waals surface area contributed by atoms with E-state index in [9.17, 15) is 8.42 Å². The van der Waals surface area contributed by atoms with E-state index in [1.807, 2.05) is 0 Å². The van der Waals surface area contributed by atoms with Crippen molar-refractivity contribution in [3.63, 3.8) is 0 Å². The molecule has 12 heavy (non-hydrogen) atoms. The molecule has 0 aliphatic carbocycles. The van der Waals surface area contributed by atoms with Crippen LogP contribution in [0.2, 0.25) is 0 Å². The van der Waals surface area contributed by atoms with Crippen molar-refractivity contribution in [3.05, 3.63) is 6.20 Å². The second-order valence-electron chi connectivity index (χ2n) is 1.97. The molecule has 0 fully saturated rings. The summed E-state index contributed by atoms with van der Waals surface area (Å²) in [6, 6.07) is 0. The monoisotopic (exact) mass is 189 g/mol. The number of hydrogen-bond donors (Lipinski definition) is 1. The van der Waals surface area contributed by atoms with Gasteiger partial charge in [-0.3, -0.25) is 0 Å². The minimum Gasteiger partial charge on any atom is -0.368 e. The Hall–Kier alpha value is -1.57. The van der Waals surface area contributed by atoms with Crippen molar-refractivity contribution in [2.45, 2.75) is 0 Å². The van der Waals surface area contributed by atoms with E-state index in [4.69, 9.17) is 5.73 Å². The Morgan fingerprint density at radius 3 is 2.92 bits per heavy atom. The fourth-order valence-corrected chi connectivity index (χ4v) is 1.39. The van der Waals surface area contributed by atoms with Crippen LogP contribution in [-0.4, -0.2) is 18.4 Å². The fraction of sp³-hybridized carbons (Fsp3) is 0. The largest absolute Gasteiger partial charge is 0.502 e. The number of hydrogen-bond acceptors (Lipinski definition) is 7. The van der Waals surface area contributed by atoms with Crippen LogP contribution in [0.1, 0.15) is 0 Å². The lowest BCUT2D eigenvalue weighted by Crippen LogP contribution is -2.08. The molecule has 0 amide bonds. The summed E-state index contributed by atoms with van der Waals surface area (Å²) in [5.74, 6) is -0.304. The highest BCUT2D eigenvalue weighted by molar-refractivity contribution is 7.82. The zero-order valence-corrected chi connectivity index (χ0v) is 6.41. The number of nitrogen functional groups attached to an aromatic ring is 1. The zero-order valence-electron chi connectivity index (χ0n) is 5.59. The van der Waals surface area contributed by atoms with E-state index < -0.39 is 10.4 Å². The summed E-state index contributed by atoms with van der Waals surface area (Å²) >= 11 is 0. The lowest BCUT2D eigenvalue weighted by molar-refractivity contribution is 0.434. The SMILES string of the molecule is Nc1ncc2c(n1)OS(=O)(=O)O2. The van der Waals surface area contributed by atoms with Gasteiger partial charge in [-0.2, -0.15) is 4.98 Å². The molecule has 1 aliphatic heterocycles. The maximum Gasteiger partial charge on any atom is 0.502 e. The van der Waals surface area contributed by atoms with Gasteiger partial charge in [-0.25, -0.2) is 4.98 Å². The molecule has 1 aliphatic rings. The second-order valence-corrected chi connectivity index (χ2v) is 3.12. The van der Waals surface area contributed by atoms with E-state index in [1.54, 1.807) is 0 Å². The van der Waals surface area contributed by atoms with Crippen molar-refractivity contribution in [3.8, 4) is 11.6 Å². The fourth-order valence-electron chi connectivity index (χ4n) is 0.708. The molecule has 0 atom stereocenters. The molecule has 0 aromatic carbocycles. The number of anilines is 1. The van der Waals surface area contributed by atoms with Crippen LogP contribution in [0.4, 0.5) is 5.95 Å². The van der Waals surface area contributed by atoms with Gasteiger partial charge in [-0.1, -0.05) is 0 Å². The van der Waals surface area contributed by atoms with Crippen LogP contribution in [0, 0.1) is 0 Å². The van der Waals surface area contributed by atoms with Crippen LogP contribution in [0.15, 0.2) is 6.20 Å². The van der Waals surface area contributed by atoms with E-state index in [-0.39, 0.29) is 17.6 Å². The molecule has 0 saturated carbocycles. The van der Waals surface area contributed by atoms with E-state index in [1.165, 1.54) is 0 Å². The van der Waals surface area contributed by atoms with Gasteiger partial charge in [0, 0.05) is 0 Å². The predicted octanol–water partition coefficient (Wildman–Crippen LogP) is -0.925. The van der Waals surface area contributed by atoms with Crippen LogP contribution in [0.5, 0.6) is 11.6 Å². The third kappa shape index (κ3) is 1.01. The number of nitrogens with two attached hydrogens (primary N) is 1. The Kier molecular flexibility index (Phi) is 1.17. The quantitative estimate of drug-likeness (QED) is 0.562. The molecule has 2 rings (SSSR count). The van der Waals surface area contributed by atoms with Gasteiger partial charge in [0.1, 0.15) is 0 Å². The predicted molar refractivity (Wildman–Crippen MR) is 36.6 cm³/mol. The molecule has 0 spiro atoms. The van der Waals surface area contributed by atoms with Gasteiger partial charge < -0.3 is 14.1 Å². The molecule has 0 saturated heterocycles. The van der Waals surface area contributed by atoms with E-state index in [2.05, 4.69) is 18.3 Å². The lowest BCUT2D eigenvalue weighted by atomic mass is 10.6. The van der Waals surface area contributed by atoms with Gasteiger partial charge in [-0.05, 0) is 0 Å². The van der Waals surface area contributed by atoms with E-state index >= 15 is 0 Å². The maximum atomic E-state index is 10.6. The number of nitrogens with zero attached hydrogens (tertiary/aromatic N) is 2. The smallest absolute Gasteiger partial charge is 0.368 e. The molecule has 0 radical (unpaired) electrons. The van der Waals surface area contributed by atoms with Gasteiger partial charge >= 0.3 is 10.4 Å². The number of rotatable bonds is 0. The third-order valence-electron chi connectivity index (χ3n) is 1.11. The molecule has 7 nitrogen and oxygen atoms in total. The summed E-state index contributed by atoms with van der Waals surface area (Å²) in [5.41, 5.74) is 5.17. The Bertz CT molecular complexity index is 428. The van der Waals surface area contributed by atoms with E-state index in [0.29, 0.717) is 0 Å². The van der Waals surface area contributed by atoms with Gasteiger partial charge in [-0.15, -0.1) is 8.42 Å². The van der Waals surface area contributed by atoms with Crippen LogP contribution < -0.4 is 14.1 Å². The summed E-state index contributed by atoms with van der Waals surface area (Å²) in [6.45, 7) is 0. The Morgan fingerprint density at radius 2 is 2.17 bits per heavy atom. The molecular weight excluding hydrogens is 186 g/mol. The highest BCUT2D eigenvalue weighted by atomic mass is 32.3. The summed E-state index contributed by atoms with van der Waals surface area (Å²) in [7, 11) is -3.98. The van der Waals surface area contributed by atoms with Crippen LogP contribution in [0.3, 0.4) is 0 Å². The first-order valence-corrected chi connectivity index (χ1v) is 4.16. The summed E-state index contributed by atoms with van der Waals surface area (Å²) in [4.78, 5) is 7.00. The van der Waals surface area contributed by atoms with Crippen molar-refractivity contribution < 1.29 is 16.8 Å². The molecular formula is C4H3N3O4S. The molecule has 2 N–H and O–H groups in total. The molecule has 64 valence electrons. The molecule has 1 aromatic heterocycles. The van der Waals surface area contributed by atoms with Gasteiger partial charge in [0.05, 0.1) is 6.20 Å². The van der Waals surface area contributed by atoms with E-state index in [0.717, 1.165) is 6.20 Å². The zero-order chi connectivity index (χ0) is 8.77. The molecule has 8 heteroatoms. The van der Waals surface area contributed by atoms with Crippen molar-refractivity contribution in [1.29, 1.82) is 0 Å². The van der Waals surface area contributed by atoms with Crippen molar-refractivity contribution in [1.82, 2.24) is 9.97 Å². The average Bonchev–Trinajstić information content (AvgIpc) is 2.21. The molecule has 2 heterocycles. The minimum absolute atomic E-state index is 0.0517. The Balaban J connectivity index is 2.56. The Morgan fingerprint density at radius 1 is 1.42 bits per heavy atom. The third-order valence-corrected chi connectivity index (χ3v) is 1.86. The normalized spacial score (nSPS) is 17.7. The first-order valence-electron chi connectivity index (χ1n) is 2.83. The lowest BCUT2D eigenvalue weighted by Gasteiger charge is -1.90. The topological polar surface area (TPSA) is 104 Å². The van der Waals surface area contributed by atoms with Gasteiger partial charge in [0.2, 0.25) is 11.7 Å².